The standard InChI is InChI=1S/C27H20F2N2O2S/c28-20-12-10-19(11-13-20)26(32)30-21-14-16-22(17-15-21)34-25(18-6-2-1-3-7-18)27(33)31-24-9-5-4-8-23(24)29/h1-17,25H,(H,30,32)(H,31,33). The van der Waals surface area contributed by atoms with Gasteiger partial charge in [-0.3, -0.25) is 9.59 Å². The molecule has 2 amide bonds. The van der Waals surface area contributed by atoms with Gasteiger partial charge in [-0.05, 0) is 66.2 Å². The van der Waals surface area contributed by atoms with Crippen LogP contribution in [0.2, 0.25) is 0 Å². The molecule has 0 aliphatic carbocycles. The molecule has 0 heterocycles. The van der Waals surface area contributed by atoms with Gasteiger partial charge in [0.1, 0.15) is 16.9 Å². The van der Waals surface area contributed by atoms with E-state index in [1.54, 1.807) is 36.4 Å². The summed E-state index contributed by atoms with van der Waals surface area (Å²) in [6.45, 7) is 0. The lowest BCUT2D eigenvalue weighted by atomic mass is 10.1. The molecule has 0 fully saturated rings. The number of rotatable bonds is 7. The van der Waals surface area contributed by atoms with Crippen molar-refractivity contribution in [1.29, 1.82) is 0 Å². The zero-order valence-corrected chi connectivity index (χ0v) is 18.7. The third-order valence-electron chi connectivity index (χ3n) is 4.94. The molecule has 34 heavy (non-hydrogen) atoms. The molecule has 4 aromatic carbocycles. The number of hydrogen-bond donors (Lipinski definition) is 2. The van der Waals surface area contributed by atoms with Crippen LogP contribution in [0.4, 0.5) is 20.2 Å². The summed E-state index contributed by atoms with van der Waals surface area (Å²) in [5.41, 5.74) is 1.79. The third-order valence-corrected chi connectivity index (χ3v) is 6.21. The maximum Gasteiger partial charge on any atom is 0.255 e. The third kappa shape index (κ3) is 5.88. The Morgan fingerprint density at radius 1 is 0.706 bits per heavy atom. The molecule has 7 heteroatoms. The molecule has 170 valence electrons. The van der Waals surface area contributed by atoms with E-state index in [1.165, 1.54) is 48.2 Å². The van der Waals surface area contributed by atoms with Gasteiger partial charge in [-0.25, -0.2) is 8.78 Å². The molecule has 0 aliphatic heterocycles. The van der Waals surface area contributed by atoms with Gasteiger partial charge in [0.2, 0.25) is 5.91 Å². The molecule has 4 rings (SSSR count). The Morgan fingerprint density at radius 3 is 2.03 bits per heavy atom. The molecule has 0 radical (unpaired) electrons. The first-order valence-corrected chi connectivity index (χ1v) is 11.3. The van der Waals surface area contributed by atoms with Gasteiger partial charge < -0.3 is 10.6 Å². The number of benzene rings is 4. The number of para-hydroxylation sites is 1. The van der Waals surface area contributed by atoms with Crippen LogP contribution in [-0.2, 0) is 4.79 Å². The molecule has 4 aromatic rings. The number of thioether (sulfide) groups is 1. The van der Waals surface area contributed by atoms with Crippen LogP contribution >= 0.6 is 11.8 Å². The largest absolute Gasteiger partial charge is 0.322 e. The van der Waals surface area contributed by atoms with Crippen LogP contribution in [0, 0.1) is 11.6 Å². The van der Waals surface area contributed by atoms with Crippen molar-refractivity contribution in [3.05, 3.63) is 126 Å². The Balaban J connectivity index is 1.49. The Morgan fingerprint density at radius 2 is 1.35 bits per heavy atom. The Bertz CT molecular complexity index is 1280. The van der Waals surface area contributed by atoms with Crippen LogP contribution in [0.5, 0.6) is 0 Å². The highest BCUT2D eigenvalue weighted by Crippen LogP contribution is 2.37. The van der Waals surface area contributed by atoms with Crippen LogP contribution in [0.15, 0.2) is 108 Å². The fourth-order valence-corrected chi connectivity index (χ4v) is 4.24. The summed E-state index contributed by atoms with van der Waals surface area (Å²) < 4.78 is 27.1. The Labute approximate surface area is 200 Å². The zero-order valence-electron chi connectivity index (χ0n) is 17.9. The second-order valence-corrected chi connectivity index (χ2v) is 8.54. The van der Waals surface area contributed by atoms with Crippen molar-refractivity contribution in [2.24, 2.45) is 0 Å². The molecule has 0 bridgehead atoms. The van der Waals surface area contributed by atoms with Gasteiger partial charge in [-0.15, -0.1) is 11.8 Å². The number of carbonyl (C=O) groups excluding carboxylic acids is 2. The number of halogens is 2. The van der Waals surface area contributed by atoms with Gasteiger partial charge in [-0.1, -0.05) is 42.5 Å². The number of amides is 2. The highest BCUT2D eigenvalue weighted by Gasteiger charge is 2.23. The van der Waals surface area contributed by atoms with Crippen molar-refractivity contribution in [3.8, 4) is 0 Å². The molecular weight excluding hydrogens is 454 g/mol. The van der Waals surface area contributed by atoms with E-state index in [0.717, 1.165) is 10.5 Å². The topological polar surface area (TPSA) is 58.2 Å². The number of carbonyl (C=O) groups is 2. The average molecular weight is 475 g/mol. The van der Waals surface area contributed by atoms with Crippen molar-refractivity contribution >= 4 is 35.0 Å². The van der Waals surface area contributed by atoms with Gasteiger partial charge >= 0.3 is 0 Å². The van der Waals surface area contributed by atoms with E-state index in [-0.39, 0.29) is 17.5 Å². The monoisotopic (exact) mass is 474 g/mol. The summed E-state index contributed by atoms with van der Waals surface area (Å²) in [6.07, 6.45) is 0. The van der Waals surface area contributed by atoms with E-state index in [0.29, 0.717) is 11.3 Å². The van der Waals surface area contributed by atoms with Gasteiger partial charge in [-0.2, -0.15) is 0 Å². The lowest BCUT2D eigenvalue weighted by Gasteiger charge is -2.17. The predicted octanol–water partition coefficient (Wildman–Crippen LogP) is 6.69. The van der Waals surface area contributed by atoms with Gasteiger partial charge in [0, 0.05) is 16.1 Å². The number of anilines is 2. The summed E-state index contributed by atoms with van der Waals surface area (Å²) in [4.78, 5) is 26.2. The molecule has 4 nitrogen and oxygen atoms in total. The summed E-state index contributed by atoms with van der Waals surface area (Å²) in [5, 5.41) is 4.81. The second-order valence-electron chi connectivity index (χ2n) is 7.36. The average Bonchev–Trinajstić information content (AvgIpc) is 2.86. The Kier molecular flexibility index (Phi) is 7.34. The molecule has 1 unspecified atom stereocenters. The normalized spacial score (nSPS) is 11.5. The van der Waals surface area contributed by atoms with Gasteiger partial charge in [0.15, 0.2) is 0 Å². The Hall–Kier alpha value is -3.97. The van der Waals surface area contributed by atoms with E-state index in [9.17, 15) is 18.4 Å². The first-order valence-electron chi connectivity index (χ1n) is 10.4. The minimum Gasteiger partial charge on any atom is -0.322 e. The molecule has 2 N–H and O–H groups in total. The summed E-state index contributed by atoms with van der Waals surface area (Å²) in [5.74, 6) is -1.62. The molecule has 1 atom stereocenters. The molecular formula is C27H20F2N2O2S. The van der Waals surface area contributed by atoms with Crippen LogP contribution < -0.4 is 10.6 Å². The van der Waals surface area contributed by atoms with E-state index in [4.69, 9.17) is 0 Å². The molecule has 0 aromatic heterocycles. The number of nitrogens with one attached hydrogen (secondary N) is 2. The van der Waals surface area contributed by atoms with Crippen molar-refractivity contribution < 1.29 is 18.4 Å². The number of hydrogen-bond acceptors (Lipinski definition) is 3. The maximum absolute atomic E-state index is 14.1. The van der Waals surface area contributed by atoms with E-state index >= 15 is 0 Å². The molecule has 0 saturated carbocycles. The van der Waals surface area contributed by atoms with Gasteiger partial charge in [0.05, 0.1) is 5.69 Å². The first kappa shape index (κ1) is 23.2. The first-order chi connectivity index (χ1) is 16.5. The lowest BCUT2D eigenvalue weighted by molar-refractivity contribution is -0.115. The minimum absolute atomic E-state index is 0.118. The predicted molar refractivity (Wildman–Crippen MR) is 131 cm³/mol. The van der Waals surface area contributed by atoms with E-state index in [1.807, 2.05) is 30.3 Å². The van der Waals surface area contributed by atoms with Crippen LogP contribution in [0.25, 0.3) is 0 Å². The fourth-order valence-electron chi connectivity index (χ4n) is 3.22. The molecule has 0 saturated heterocycles. The van der Waals surface area contributed by atoms with Crippen molar-refractivity contribution in [2.75, 3.05) is 10.6 Å². The quantitative estimate of drug-likeness (QED) is 0.294. The summed E-state index contributed by atoms with van der Waals surface area (Å²) in [7, 11) is 0. The van der Waals surface area contributed by atoms with Crippen molar-refractivity contribution in [3.63, 3.8) is 0 Å². The van der Waals surface area contributed by atoms with E-state index in [2.05, 4.69) is 10.6 Å². The summed E-state index contributed by atoms with van der Waals surface area (Å²) >= 11 is 1.31. The van der Waals surface area contributed by atoms with Crippen LogP contribution in [-0.4, -0.2) is 11.8 Å². The van der Waals surface area contributed by atoms with Crippen LogP contribution in [0.3, 0.4) is 0 Å². The van der Waals surface area contributed by atoms with Crippen LogP contribution in [0.1, 0.15) is 21.2 Å². The second kappa shape index (κ2) is 10.8. The zero-order chi connectivity index (χ0) is 23.9. The van der Waals surface area contributed by atoms with E-state index < -0.39 is 16.9 Å². The maximum atomic E-state index is 14.1. The lowest BCUT2D eigenvalue weighted by Crippen LogP contribution is -2.19. The molecule has 0 aliphatic rings. The highest BCUT2D eigenvalue weighted by molar-refractivity contribution is 8.00. The highest BCUT2D eigenvalue weighted by atomic mass is 32.2. The van der Waals surface area contributed by atoms with Gasteiger partial charge in [0.25, 0.3) is 5.91 Å². The molecule has 0 spiro atoms. The minimum atomic E-state index is -0.625. The van der Waals surface area contributed by atoms with Crippen molar-refractivity contribution in [1.82, 2.24) is 0 Å². The van der Waals surface area contributed by atoms with Crippen molar-refractivity contribution in [2.45, 2.75) is 10.1 Å². The fraction of sp³-hybridized carbons (Fsp3) is 0.0370. The smallest absolute Gasteiger partial charge is 0.255 e. The summed E-state index contributed by atoms with van der Waals surface area (Å²) in [6, 6.07) is 27.5. The SMILES string of the molecule is O=C(Nc1ccc(SC(C(=O)Nc2ccccc2F)c2ccccc2)cc1)c1ccc(F)cc1.